The molecule has 0 saturated heterocycles. The Hall–Kier alpha value is -3.68. The number of carboxylic acid groups (broad SMARTS) is 1. The van der Waals surface area contributed by atoms with E-state index < -0.39 is 11.5 Å². The van der Waals surface area contributed by atoms with Crippen molar-refractivity contribution in [3.63, 3.8) is 0 Å². The predicted octanol–water partition coefficient (Wildman–Crippen LogP) is 2.44. The van der Waals surface area contributed by atoms with Crippen LogP contribution < -0.4 is 15.0 Å². The van der Waals surface area contributed by atoms with Crippen molar-refractivity contribution in [2.24, 2.45) is 0 Å². The smallest absolute Gasteiger partial charge is 0.303 e. The van der Waals surface area contributed by atoms with E-state index in [1.165, 1.54) is 0 Å². The van der Waals surface area contributed by atoms with E-state index in [2.05, 4.69) is 15.2 Å². The van der Waals surface area contributed by atoms with E-state index >= 15 is 0 Å². The summed E-state index contributed by atoms with van der Waals surface area (Å²) in [5, 5.41) is 16.5. The van der Waals surface area contributed by atoms with Crippen molar-refractivity contribution in [1.82, 2.24) is 15.2 Å². The molecular weight excluding hydrogens is 362 g/mol. The summed E-state index contributed by atoms with van der Waals surface area (Å²) in [6.07, 6.45) is -0.134. The number of H-pyrrole nitrogens is 1. The first-order chi connectivity index (χ1) is 13.5. The number of aryl methyl sites for hydroxylation is 1. The van der Waals surface area contributed by atoms with Gasteiger partial charge in [0.05, 0.1) is 13.5 Å². The largest absolute Gasteiger partial charge is 0.497 e. The first-order valence-electron chi connectivity index (χ1n) is 8.59. The minimum Gasteiger partial charge on any atom is -0.497 e. The Kier molecular flexibility index (Phi) is 6.01. The van der Waals surface area contributed by atoms with Gasteiger partial charge in [0.2, 0.25) is 0 Å². The van der Waals surface area contributed by atoms with Crippen LogP contribution in [0.1, 0.15) is 17.7 Å². The molecule has 0 amide bonds. The summed E-state index contributed by atoms with van der Waals surface area (Å²) in [5.41, 5.74) is 1.31. The molecule has 0 unspecified atom stereocenters. The van der Waals surface area contributed by atoms with E-state index in [0.29, 0.717) is 23.7 Å². The fraction of sp³-hybridized carbons (Fsp3) is 0.200. The minimum absolute atomic E-state index is 0.0367. The van der Waals surface area contributed by atoms with Gasteiger partial charge in [0.25, 0.3) is 5.56 Å². The van der Waals surface area contributed by atoms with Crippen molar-refractivity contribution in [1.29, 1.82) is 0 Å². The number of hydrogen-bond donors (Lipinski definition) is 2. The SMILES string of the molecule is COc1cccc(COc2ccc(-c3nnc(CCC(=O)O)c(=O)[nH]3)cc2)c1. The molecule has 8 heteroatoms. The number of nitrogens with zero attached hydrogens (tertiary/aromatic N) is 2. The molecule has 2 N–H and O–H groups in total. The molecular formula is C20H19N3O5. The number of aliphatic carboxylic acids is 1. The lowest BCUT2D eigenvalue weighted by atomic mass is 10.2. The summed E-state index contributed by atoms with van der Waals surface area (Å²) >= 11 is 0. The molecule has 0 fully saturated rings. The number of aromatic nitrogens is 3. The lowest BCUT2D eigenvalue weighted by Crippen LogP contribution is -2.18. The van der Waals surface area contributed by atoms with E-state index in [4.69, 9.17) is 14.6 Å². The van der Waals surface area contributed by atoms with Crippen LogP contribution in [-0.2, 0) is 17.8 Å². The van der Waals surface area contributed by atoms with Gasteiger partial charge in [0.1, 0.15) is 23.8 Å². The van der Waals surface area contributed by atoms with Crippen molar-refractivity contribution < 1.29 is 19.4 Å². The van der Waals surface area contributed by atoms with Crippen LogP contribution >= 0.6 is 0 Å². The number of ether oxygens (including phenoxy) is 2. The Morgan fingerprint density at radius 1 is 1.11 bits per heavy atom. The molecule has 8 nitrogen and oxygen atoms in total. The van der Waals surface area contributed by atoms with E-state index in [1.807, 2.05) is 24.3 Å². The number of hydrogen-bond acceptors (Lipinski definition) is 6. The first-order valence-corrected chi connectivity index (χ1v) is 8.59. The average Bonchev–Trinajstić information content (AvgIpc) is 2.72. The maximum absolute atomic E-state index is 12.0. The van der Waals surface area contributed by atoms with Gasteiger partial charge < -0.3 is 19.6 Å². The fourth-order valence-electron chi connectivity index (χ4n) is 2.52. The second-order valence-electron chi connectivity index (χ2n) is 6.01. The van der Waals surface area contributed by atoms with Crippen LogP contribution in [0.3, 0.4) is 0 Å². The Bertz CT molecular complexity index is 1010. The molecule has 0 saturated carbocycles. The highest BCUT2D eigenvalue weighted by Crippen LogP contribution is 2.20. The van der Waals surface area contributed by atoms with Gasteiger partial charge in [-0.15, -0.1) is 10.2 Å². The number of aromatic amines is 1. The fourth-order valence-corrected chi connectivity index (χ4v) is 2.52. The number of nitrogens with one attached hydrogen (secondary N) is 1. The molecule has 1 aromatic heterocycles. The van der Waals surface area contributed by atoms with Gasteiger partial charge in [-0.25, -0.2) is 0 Å². The van der Waals surface area contributed by atoms with Crippen LogP contribution in [0.5, 0.6) is 11.5 Å². The van der Waals surface area contributed by atoms with Gasteiger partial charge in [0.15, 0.2) is 5.82 Å². The molecule has 1 heterocycles. The van der Waals surface area contributed by atoms with Crippen LogP contribution in [0.15, 0.2) is 53.3 Å². The summed E-state index contributed by atoms with van der Waals surface area (Å²) in [7, 11) is 1.62. The highest BCUT2D eigenvalue weighted by atomic mass is 16.5. The van der Waals surface area contributed by atoms with Crippen LogP contribution in [0.4, 0.5) is 0 Å². The Morgan fingerprint density at radius 3 is 2.57 bits per heavy atom. The minimum atomic E-state index is -0.991. The lowest BCUT2D eigenvalue weighted by Gasteiger charge is -2.08. The standard InChI is InChI=1S/C20H19N3O5/c1-27-16-4-2-3-13(11-16)12-28-15-7-5-14(6-8-15)19-21-20(26)17(22-23-19)9-10-18(24)25/h2-8,11H,9-10,12H2,1H3,(H,24,25)(H,21,23,26). The van der Waals surface area contributed by atoms with Gasteiger partial charge in [-0.1, -0.05) is 12.1 Å². The Morgan fingerprint density at radius 2 is 1.89 bits per heavy atom. The summed E-state index contributed by atoms with van der Waals surface area (Å²) in [5.74, 6) is 0.754. The van der Waals surface area contributed by atoms with Crippen LogP contribution in [0, 0.1) is 0 Å². The average molecular weight is 381 g/mol. The van der Waals surface area contributed by atoms with Crippen LogP contribution in [0.2, 0.25) is 0 Å². The molecule has 144 valence electrons. The first kappa shape index (κ1) is 19.1. The molecule has 3 aromatic rings. The summed E-state index contributed by atoms with van der Waals surface area (Å²) in [6.45, 7) is 0.394. The quantitative estimate of drug-likeness (QED) is 0.616. The molecule has 0 aliphatic rings. The Balaban J connectivity index is 1.66. The maximum atomic E-state index is 12.0. The molecule has 0 bridgehead atoms. The molecule has 0 atom stereocenters. The topological polar surface area (TPSA) is 114 Å². The lowest BCUT2D eigenvalue weighted by molar-refractivity contribution is -0.136. The molecule has 0 aliphatic heterocycles. The van der Waals surface area contributed by atoms with Crippen molar-refractivity contribution in [3.05, 3.63) is 70.1 Å². The van der Waals surface area contributed by atoms with Gasteiger partial charge in [0, 0.05) is 12.0 Å². The van der Waals surface area contributed by atoms with E-state index in [-0.39, 0.29) is 18.5 Å². The predicted molar refractivity (Wildman–Crippen MR) is 101 cm³/mol. The molecule has 2 aromatic carbocycles. The van der Waals surface area contributed by atoms with Crippen LogP contribution in [0.25, 0.3) is 11.4 Å². The number of rotatable bonds is 8. The Labute approximate surface area is 160 Å². The number of benzene rings is 2. The third-order valence-corrected chi connectivity index (χ3v) is 4.01. The highest BCUT2D eigenvalue weighted by molar-refractivity contribution is 5.66. The zero-order chi connectivity index (χ0) is 19.9. The molecule has 28 heavy (non-hydrogen) atoms. The zero-order valence-corrected chi connectivity index (χ0v) is 15.2. The van der Waals surface area contributed by atoms with Gasteiger partial charge in [-0.3, -0.25) is 9.59 Å². The van der Waals surface area contributed by atoms with Crippen LogP contribution in [-0.4, -0.2) is 33.4 Å². The third kappa shape index (κ3) is 4.94. The molecule has 3 rings (SSSR count). The van der Waals surface area contributed by atoms with Gasteiger partial charge in [-0.05, 0) is 42.0 Å². The molecule has 0 aliphatic carbocycles. The second-order valence-corrected chi connectivity index (χ2v) is 6.01. The second kappa shape index (κ2) is 8.81. The molecule has 0 spiro atoms. The van der Waals surface area contributed by atoms with E-state index in [0.717, 1.165) is 11.3 Å². The highest BCUT2D eigenvalue weighted by Gasteiger charge is 2.09. The van der Waals surface area contributed by atoms with Crippen molar-refractivity contribution >= 4 is 5.97 Å². The van der Waals surface area contributed by atoms with Crippen molar-refractivity contribution in [3.8, 4) is 22.9 Å². The third-order valence-electron chi connectivity index (χ3n) is 4.01. The van der Waals surface area contributed by atoms with Gasteiger partial charge in [-0.2, -0.15) is 0 Å². The van der Waals surface area contributed by atoms with Gasteiger partial charge >= 0.3 is 5.97 Å². The summed E-state index contributed by atoms with van der Waals surface area (Å²) < 4.78 is 11.0. The number of methoxy groups -OCH3 is 1. The maximum Gasteiger partial charge on any atom is 0.303 e. The summed E-state index contributed by atoms with van der Waals surface area (Å²) in [6, 6.07) is 14.7. The zero-order valence-electron chi connectivity index (χ0n) is 15.2. The monoisotopic (exact) mass is 381 g/mol. The summed E-state index contributed by atoms with van der Waals surface area (Å²) in [4.78, 5) is 25.2. The molecule has 0 radical (unpaired) electrons. The van der Waals surface area contributed by atoms with E-state index in [1.54, 1.807) is 31.4 Å². The number of carbonyl (C=O) groups is 1. The van der Waals surface area contributed by atoms with Crippen molar-refractivity contribution in [2.45, 2.75) is 19.4 Å². The van der Waals surface area contributed by atoms with Crippen molar-refractivity contribution in [2.75, 3.05) is 7.11 Å². The normalized spacial score (nSPS) is 10.5. The van der Waals surface area contributed by atoms with E-state index in [9.17, 15) is 9.59 Å². The number of carboxylic acids is 1.